The molecule has 0 saturated heterocycles. The molecule has 0 aliphatic carbocycles. The number of pyridine rings is 2. The van der Waals surface area contributed by atoms with Crippen LogP contribution in [0.15, 0.2) is 120 Å². The Labute approximate surface area is 388 Å². The highest BCUT2D eigenvalue weighted by molar-refractivity contribution is 7.99. The van der Waals surface area contributed by atoms with E-state index in [1.54, 1.807) is 24.3 Å². The second-order valence-corrected chi connectivity index (χ2v) is 18.3. The van der Waals surface area contributed by atoms with Crippen molar-refractivity contribution in [2.75, 3.05) is 0 Å². The first-order valence-corrected chi connectivity index (χ1v) is 25.9. The van der Waals surface area contributed by atoms with Crippen LogP contribution < -0.4 is 19.3 Å². The number of unbranched alkanes of at least 4 members (excludes halogenated alkanes) is 26. The van der Waals surface area contributed by atoms with Gasteiger partial charge in [-0.15, -0.1) is 0 Å². The first kappa shape index (κ1) is 55.2. The molecular weight excluding hydrogens is 797 g/mol. The highest BCUT2D eigenvalue weighted by atomic mass is 32.2. The van der Waals surface area contributed by atoms with Gasteiger partial charge in [-0.1, -0.05) is 216 Å². The third-order valence-electron chi connectivity index (χ3n) is 11.5. The minimum Gasteiger partial charge on any atom is -0.545 e. The Morgan fingerprint density at radius 1 is 0.365 bits per heavy atom. The van der Waals surface area contributed by atoms with Gasteiger partial charge in [-0.3, -0.25) is 0 Å². The van der Waals surface area contributed by atoms with E-state index < -0.39 is 11.9 Å². The lowest BCUT2D eigenvalue weighted by molar-refractivity contribution is -0.697. The van der Waals surface area contributed by atoms with Gasteiger partial charge in [-0.05, 0) is 48.2 Å². The first-order chi connectivity index (χ1) is 30.9. The number of benzene rings is 2. The molecule has 2 aromatic heterocycles. The molecule has 6 nitrogen and oxygen atoms in total. The number of aromatic nitrogens is 2. The van der Waals surface area contributed by atoms with Crippen molar-refractivity contribution in [1.82, 2.24) is 0 Å². The maximum Gasteiger partial charge on any atom is 0.168 e. The van der Waals surface area contributed by atoms with E-state index in [4.69, 9.17) is 0 Å². The van der Waals surface area contributed by atoms with Gasteiger partial charge in [-0.2, -0.15) is 0 Å². The van der Waals surface area contributed by atoms with Crippen molar-refractivity contribution in [1.29, 1.82) is 0 Å². The van der Waals surface area contributed by atoms with E-state index in [0.29, 0.717) is 0 Å². The number of hydrogen-bond donors (Lipinski definition) is 0. The monoisotopic (exact) mass is 881 g/mol. The molecule has 7 heteroatoms. The van der Waals surface area contributed by atoms with Crippen molar-refractivity contribution in [2.24, 2.45) is 0 Å². The smallest absolute Gasteiger partial charge is 0.168 e. The average molecular weight is 881 g/mol. The molecule has 0 atom stereocenters. The summed E-state index contributed by atoms with van der Waals surface area (Å²) in [7, 11) is 0. The van der Waals surface area contributed by atoms with Gasteiger partial charge in [0.2, 0.25) is 0 Å². The normalized spacial score (nSPS) is 10.7. The summed E-state index contributed by atoms with van der Waals surface area (Å²) in [6.07, 6.45) is 48.8. The van der Waals surface area contributed by atoms with E-state index in [9.17, 15) is 19.8 Å². The third-order valence-corrected chi connectivity index (χ3v) is 12.5. The Morgan fingerprint density at radius 3 is 0.841 bits per heavy atom. The number of carbonyl (C=O) groups is 2. The second-order valence-electron chi connectivity index (χ2n) is 17.1. The summed E-state index contributed by atoms with van der Waals surface area (Å²) in [5.41, 5.74) is 0.244. The number of rotatable bonds is 34. The zero-order valence-electron chi connectivity index (χ0n) is 39.5. The molecule has 0 aliphatic rings. The molecule has 0 saturated carbocycles. The number of hydrogen-bond acceptors (Lipinski definition) is 5. The summed E-state index contributed by atoms with van der Waals surface area (Å²) in [6.45, 7) is 6.94. The van der Waals surface area contributed by atoms with Crippen LogP contribution in [0, 0.1) is 0 Å². The molecular formula is C56H84N2O4S. The largest absolute Gasteiger partial charge is 0.545 e. The fourth-order valence-electron chi connectivity index (χ4n) is 7.60. The van der Waals surface area contributed by atoms with Crippen LogP contribution >= 0.6 is 11.8 Å². The van der Waals surface area contributed by atoms with Gasteiger partial charge in [-0.25, -0.2) is 9.13 Å². The van der Waals surface area contributed by atoms with Crippen molar-refractivity contribution in [3.8, 4) is 0 Å². The van der Waals surface area contributed by atoms with Gasteiger partial charge in [0.25, 0.3) is 0 Å². The van der Waals surface area contributed by atoms with Gasteiger partial charge in [0.05, 0.1) is 11.9 Å². The van der Waals surface area contributed by atoms with E-state index in [1.165, 1.54) is 229 Å². The summed E-state index contributed by atoms with van der Waals surface area (Å²) in [6, 6.07) is 25.2. The number of aryl methyl sites for hydroxylation is 2. The summed E-state index contributed by atoms with van der Waals surface area (Å²) in [5, 5.41) is 21.2. The zero-order valence-corrected chi connectivity index (χ0v) is 40.4. The molecule has 0 fully saturated rings. The minimum atomic E-state index is -1.21. The molecule has 63 heavy (non-hydrogen) atoms. The lowest BCUT2D eigenvalue weighted by atomic mass is 10.0. The SMILES string of the molecule is CCCCCCCCCCCCCCCC[n+]1ccccc1.CCCCCCCCCCCCCCCC[n+]1ccccc1.O=C([O-])c1ccc(Sc2ccc(C(=O)[O-])cc2)cc1. The number of nitrogens with zero attached hydrogens (tertiary/aromatic N) is 2. The molecule has 2 heterocycles. The quantitative estimate of drug-likeness (QED) is 0.0344. The van der Waals surface area contributed by atoms with E-state index in [1.807, 2.05) is 0 Å². The number of carboxylic acids is 2. The van der Waals surface area contributed by atoms with E-state index >= 15 is 0 Å². The Bertz CT molecular complexity index is 1510. The Hall–Kier alpha value is -3.97. The molecule has 4 aromatic rings. The number of carbonyl (C=O) groups excluding carboxylic acids is 2. The first-order valence-electron chi connectivity index (χ1n) is 25.1. The van der Waals surface area contributed by atoms with Gasteiger partial charge in [0, 0.05) is 46.9 Å². The molecule has 4 rings (SSSR count). The lowest BCUT2D eigenvalue weighted by Crippen LogP contribution is -2.32. The van der Waals surface area contributed by atoms with Crippen LogP contribution in [0.25, 0.3) is 0 Å². The minimum absolute atomic E-state index is 0.122. The van der Waals surface area contributed by atoms with Crippen LogP contribution in [0.5, 0.6) is 0 Å². The summed E-state index contributed by atoms with van der Waals surface area (Å²) < 4.78 is 4.58. The van der Waals surface area contributed by atoms with Crippen LogP contribution in [-0.4, -0.2) is 11.9 Å². The lowest BCUT2D eigenvalue weighted by Gasteiger charge is -2.06. The molecule has 0 bridgehead atoms. The van der Waals surface area contributed by atoms with Crippen LogP contribution in [-0.2, 0) is 13.1 Å². The summed E-state index contributed by atoms with van der Waals surface area (Å²) in [5.74, 6) is -2.43. The highest BCUT2D eigenvalue weighted by Gasteiger charge is 2.02. The Kier molecular flexibility index (Phi) is 34.7. The average Bonchev–Trinajstić information content (AvgIpc) is 3.31. The van der Waals surface area contributed by atoms with Gasteiger partial charge < -0.3 is 19.8 Å². The second kappa shape index (κ2) is 39.6. The van der Waals surface area contributed by atoms with Crippen molar-refractivity contribution >= 4 is 23.7 Å². The maximum absolute atomic E-state index is 10.6. The fourth-order valence-corrected chi connectivity index (χ4v) is 8.42. The Balaban J connectivity index is 0.000000326. The van der Waals surface area contributed by atoms with E-state index in [0.717, 1.165) is 9.79 Å². The molecule has 0 radical (unpaired) electrons. The maximum atomic E-state index is 10.6. The van der Waals surface area contributed by atoms with Crippen molar-refractivity contribution in [3.05, 3.63) is 121 Å². The van der Waals surface area contributed by atoms with Crippen molar-refractivity contribution < 1.29 is 28.9 Å². The molecule has 0 N–H and O–H groups in total. The van der Waals surface area contributed by atoms with Crippen molar-refractivity contribution in [3.63, 3.8) is 0 Å². The summed E-state index contributed by atoms with van der Waals surface area (Å²) in [4.78, 5) is 22.9. The van der Waals surface area contributed by atoms with Gasteiger partial charge in [0.15, 0.2) is 24.8 Å². The van der Waals surface area contributed by atoms with Gasteiger partial charge in [0.1, 0.15) is 13.1 Å². The van der Waals surface area contributed by atoms with Gasteiger partial charge >= 0.3 is 0 Å². The van der Waals surface area contributed by atoms with E-state index in [2.05, 4.69) is 84.2 Å². The predicted octanol–water partition coefficient (Wildman–Crippen LogP) is 13.5. The third kappa shape index (κ3) is 31.5. The molecule has 2 aromatic carbocycles. The highest BCUT2D eigenvalue weighted by Crippen LogP contribution is 2.28. The molecule has 0 aliphatic heterocycles. The molecule has 0 amide bonds. The van der Waals surface area contributed by atoms with Crippen LogP contribution in [0.2, 0.25) is 0 Å². The topological polar surface area (TPSA) is 88.0 Å². The standard InChI is InChI=1S/2C21H38N.C14H10O4S/c2*1-2-3-4-5-6-7-8-9-10-11-12-13-14-16-19-22-20-17-15-18-21-22;15-13(16)9-1-5-11(6-2-9)19-12-7-3-10(4-8-12)14(17)18/h2*15,17-18,20-21H,2-14,16,19H2,1H3;1-8H,(H,15,16)(H,17,18)/q2*+1;/p-2. The van der Waals surface area contributed by atoms with Crippen molar-refractivity contribution in [2.45, 2.75) is 217 Å². The molecule has 348 valence electrons. The predicted molar refractivity (Wildman–Crippen MR) is 260 cm³/mol. The van der Waals surface area contributed by atoms with Crippen LogP contribution in [0.3, 0.4) is 0 Å². The summed E-state index contributed by atoms with van der Waals surface area (Å²) >= 11 is 1.40. The zero-order chi connectivity index (χ0) is 45.3. The molecule has 0 unspecified atom stereocenters. The van der Waals surface area contributed by atoms with E-state index in [-0.39, 0.29) is 11.1 Å². The van der Waals surface area contributed by atoms with Crippen LogP contribution in [0.1, 0.15) is 214 Å². The fraction of sp³-hybridized carbons (Fsp3) is 0.571. The van der Waals surface area contributed by atoms with Crippen LogP contribution in [0.4, 0.5) is 0 Å². The Morgan fingerprint density at radius 2 is 0.603 bits per heavy atom. The number of aromatic carboxylic acids is 2. The number of carboxylic acid groups (broad SMARTS) is 2. The molecule has 0 spiro atoms.